The Bertz CT molecular complexity index is 586. The molecule has 1 aromatic heterocycles. The van der Waals surface area contributed by atoms with Gasteiger partial charge in [0.05, 0.1) is 22.0 Å². The number of esters is 1. The van der Waals surface area contributed by atoms with E-state index in [1.807, 2.05) is 19.1 Å². The molecule has 2 rings (SSSR count). The minimum atomic E-state index is -0.374. The van der Waals surface area contributed by atoms with Crippen LogP contribution in [-0.4, -0.2) is 31.4 Å². The molecule has 0 aliphatic carbocycles. The lowest BCUT2D eigenvalue weighted by atomic mass is 10.0. The van der Waals surface area contributed by atoms with Crippen LogP contribution in [-0.2, 0) is 14.3 Å². The Morgan fingerprint density at radius 3 is 2.86 bits per heavy atom. The molecule has 0 amide bonds. The fourth-order valence-electron chi connectivity index (χ4n) is 1.96. The predicted molar refractivity (Wildman–Crippen MR) is 89.2 cm³/mol. The van der Waals surface area contributed by atoms with Crippen LogP contribution < -0.4 is 10.6 Å². The molecule has 8 heteroatoms. The molecule has 1 aliphatic heterocycles. The summed E-state index contributed by atoms with van der Waals surface area (Å²) in [5.74, 6) is -0.374. The van der Waals surface area contributed by atoms with Crippen LogP contribution in [0.5, 0.6) is 0 Å². The summed E-state index contributed by atoms with van der Waals surface area (Å²) in [5, 5.41) is 6.58. The molecule has 1 aromatic rings. The number of hydrogen-bond acceptors (Lipinski definition) is 5. The van der Waals surface area contributed by atoms with Crippen molar-refractivity contribution in [2.24, 2.45) is 0 Å². The number of ether oxygens (including phenoxy) is 2. The van der Waals surface area contributed by atoms with E-state index < -0.39 is 0 Å². The number of carbonyl (C=O) groups excluding carboxylic acids is 1. The maximum Gasteiger partial charge on any atom is 0.338 e. The first-order valence-corrected chi connectivity index (χ1v) is 8.24. The molecule has 1 aliphatic rings. The topological polar surface area (TPSA) is 59.6 Å². The van der Waals surface area contributed by atoms with E-state index in [0.717, 1.165) is 8.66 Å². The zero-order chi connectivity index (χ0) is 15.4. The number of allylic oxidation sites excluding steroid dienone is 1. The second-order valence-electron chi connectivity index (χ2n) is 4.34. The van der Waals surface area contributed by atoms with E-state index >= 15 is 0 Å². The fraction of sp³-hybridized carbons (Fsp3) is 0.385. The lowest BCUT2D eigenvalue weighted by molar-refractivity contribution is -0.140. The van der Waals surface area contributed by atoms with Gasteiger partial charge in [0.1, 0.15) is 6.61 Å². The molecule has 1 atom stereocenters. The number of hydrogen-bond donors (Lipinski definition) is 2. The van der Waals surface area contributed by atoms with Crippen molar-refractivity contribution in [3.8, 4) is 0 Å². The molecule has 21 heavy (non-hydrogen) atoms. The standard InChI is InChI=1S/C13H15BrN2O3S2/c1-7-10(12(17)19-6-5-18-2)11(16-13(20)15-7)8-3-4-9(14)21-8/h3-4,11H,5-6H2,1-2H3,(H2,15,16,20)/t11-/m1/s1. The summed E-state index contributed by atoms with van der Waals surface area (Å²) in [6.07, 6.45) is 0. The normalized spacial score (nSPS) is 18.2. The van der Waals surface area contributed by atoms with Gasteiger partial charge in [0.15, 0.2) is 5.11 Å². The number of methoxy groups -OCH3 is 1. The molecular weight excluding hydrogens is 376 g/mol. The highest BCUT2D eigenvalue weighted by molar-refractivity contribution is 9.11. The van der Waals surface area contributed by atoms with Crippen molar-refractivity contribution in [1.82, 2.24) is 10.6 Å². The van der Waals surface area contributed by atoms with Gasteiger partial charge in [-0.2, -0.15) is 0 Å². The lowest BCUT2D eigenvalue weighted by Gasteiger charge is -2.28. The summed E-state index contributed by atoms with van der Waals surface area (Å²) in [4.78, 5) is 13.3. The van der Waals surface area contributed by atoms with E-state index in [-0.39, 0.29) is 18.6 Å². The number of thiocarbonyl (C=S) groups is 1. The zero-order valence-electron chi connectivity index (χ0n) is 11.6. The van der Waals surface area contributed by atoms with E-state index in [0.29, 0.717) is 23.0 Å². The summed E-state index contributed by atoms with van der Waals surface area (Å²) in [5.41, 5.74) is 1.24. The van der Waals surface area contributed by atoms with Crippen molar-refractivity contribution in [3.05, 3.63) is 32.1 Å². The predicted octanol–water partition coefficient (Wildman–Crippen LogP) is 2.49. The molecular formula is C13H15BrN2O3S2. The Balaban J connectivity index is 2.26. The van der Waals surface area contributed by atoms with E-state index in [9.17, 15) is 4.79 Å². The minimum absolute atomic E-state index is 0.220. The molecule has 2 N–H and O–H groups in total. The fourth-order valence-corrected chi connectivity index (χ4v) is 3.71. The first kappa shape index (κ1) is 16.4. The van der Waals surface area contributed by atoms with Crippen molar-refractivity contribution >= 4 is 50.6 Å². The second-order valence-corrected chi connectivity index (χ2v) is 7.24. The molecule has 0 bridgehead atoms. The molecule has 0 aromatic carbocycles. The van der Waals surface area contributed by atoms with Gasteiger partial charge in [-0.15, -0.1) is 11.3 Å². The molecule has 0 unspecified atom stereocenters. The summed E-state index contributed by atoms with van der Waals surface area (Å²) in [6, 6.07) is 3.59. The molecule has 0 fully saturated rings. The first-order valence-electron chi connectivity index (χ1n) is 6.22. The summed E-state index contributed by atoms with van der Waals surface area (Å²) in [7, 11) is 1.56. The van der Waals surface area contributed by atoms with Gasteiger partial charge in [0.2, 0.25) is 0 Å². The van der Waals surface area contributed by atoms with Gasteiger partial charge in [-0.25, -0.2) is 4.79 Å². The van der Waals surface area contributed by atoms with E-state index in [2.05, 4.69) is 26.6 Å². The molecule has 114 valence electrons. The third-order valence-corrected chi connectivity index (χ3v) is 4.80. The van der Waals surface area contributed by atoms with Gasteiger partial charge in [0, 0.05) is 17.7 Å². The minimum Gasteiger partial charge on any atom is -0.460 e. The van der Waals surface area contributed by atoms with Gasteiger partial charge in [0.25, 0.3) is 0 Å². The van der Waals surface area contributed by atoms with Crippen LogP contribution in [0.25, 0.3) is 0 Å². The van der Waals surface area contributed by atoms with Crippen molar-refractivity contribution < 1.29 is 14.3 Å². The van der Waals surface area contributed by atoms with Crippen LogP contribution in [0.3, 0.4) is 0 Å². The van der Waals surface area contributed by atoms with Gasteiger partial charge in [-0.1, -0.05) is 0 Å². The third-order valence-electron chi connectivity index (χ3n) is 2.89. The van der Waals surface area contributed by atoms with Gasteiger partial charge in [-0.05, 0) is 47.2 Å². The molecule has 0 saturated heterocycles. The SMILES string of the molecule is COCCOC(=O)C1=C(C)NC(=S)N[C@@H]1c1ccc(Br)s1. The molecule has 5 nitrogen and oxygen atoms in total. The zero-order valence-corrected chi connectivity index (χ0v) is 14.8. The summed E-state index contributed by atoms with van der Waals surface area (Å²) < 4.78 is 11.1. The van der Waals surface area contributed by atoms with Crippen LogP contribution in [0.2, 0.25) is 0 Å². The van der Waals surface area contributed by atoms with Gasteiger partial charge in [-0.3, -0.25) is 0 Å². The number of halogens is 1. The Labute approximate surface area is 140 Å². The highest BCUT2D eigenvalue weighted by Gasteiger charge is 2.31. The number of rotatable bonds is 5. The third kappa shape index (κ3) is 4.03. The second kappa shape index (κ2) is 7.35. The maximum atomic E-state index is 12.3. The Hall–Kier alpha value is -0.960. The highest BCUT2D eigenvalue weighted by Crippen LogP contribution is 2.34. The molecule has 0 saturated carbocycles. The van der Waals surface area contributed by atoms with Crippen molar-refractivity contribution in [3.63, 3.8) is 0 Å². The van der Waals surface area contributed by atoms with Crippen LogP contribution >= 0.6 is 39.5 Å². The van der Waals surface area contributed by atoms with E-state index in [1.165, 1.54) is 0 Å². The first-order chi connectivity index (χ1) is 10.0. The van der Waals surface area contributed by atoms with Gasteiger partial charge >= 0.3 is 5.97 Å². The average Bonchev–Trinajstić information content (AvgIpc) is 2.84. The largest absolute Gasteiger partial charge is 0.460 e. The maximum absolute atomic E-state index is 12.3. The number of nitrogens with one attached hydrogen (secondary N) is 2. The summed E-state index contributed by atoms with van der Waals surface area (Å²) >= 11 is 10.2. The number of thiophene rings is 1. The van der Waals surface area contributed by atoms with Crippen molar-refractivity contribution in [2.75, 3.05) is 20.3 Å². The lowest BCUT2D eigenvalue weighted by Crippen LogP contribution is -2.45. The van der Waals surface area contributed by atoms with Crippen LogP contribution in [0, 0.1) is 0 Å². The van der Waals surface area contributed by atoms with Crippen molar-refractivity contribution in [2.45, 2.75) is 13.0 Å². The van der Waals surface area contributed by atoms with E-state index in [1.54, 1.807) is 18.4 Å². The van der Waals surface area contributed by atoms with Crippen LogP contribution in [0.4, 0.5) is 0 Å². The highest BCUT2D eigenvalue weighted by atomic mass is 79.9. The van der Waals surface area contributed by atoms with Gasteiger partial charge < -0.3 is 20.1 Å². The average molecular weight is 391 g/mol. The molecule has 0 spiro atoms. The van der Waals surface area contributed by atoms with Crippen molar-refractivity contribution in [1.29, 1.82) is 0 Å². The monoisotopic (exact) mass is 390 g/mol. The van der Waals surface area contributed by atoms with Crippen LogP contribution in [0.1, 0.15) is 17.8 Å². The Kier molecular flexibility index (Phi) is 5.74. The quantitative estimate of drug-likeness (QED) is 0.457. The molecule has 0 radical (unpaired) electrons. The number of carbonyl (C=O) groups is 1. The van der Waals surface area contributed by atoms with Crippen LogP contribution in [0.15, 0.2) is 27.2 Å². The summed E-state index contributed by atoms with van der Waals surface area (Å²) in [6.45, 7) is 2.40. The Morgan fingerprint density at radius 2 is 2.24 bits per heavy atom. The Morgan fingerprint density at radius 1 is 1.48 bits per heavy atom. The van der Waals surface area contributed by atoms with E-state index in [4.69, 9.17) is 21.7 Å². The molecule has 2 heterocycles. The smallest absolute Gasteiger partial charge is 0.338 e.